The molecule has 3 N–H and O–H groups in total. The van der Waals surface area contributed by atoms with Gasteiger partial charge in [-0.1, -0.05) is 12.1 Å². The lowest BCUT2D eigenvalue weighted by Crippen LogP contribution is -2.26. The minimum atomic E-state index is -0.0899. The van der Waals surface area contributed by atoms with Crippen LogP contribution in [0.4, 0.5) is 0 Å². The molecular weight excluding hydrogens is 238 g/mol. The number of pyridine rings is 1. The summed E-state index contributed by atoms with van der Waals surface area (Å²) in [5, 5.41) is 2.95. The van der Waals surface area contributed by atoms with Crippen molar-refractivity contribution in [2.75, 3.05) is 0 Å². The zero-order chi connectivity index (χ0) is 13.7. The second-order valence-corrected chi connectivity index (χ2v) is 4.38. The van der Waals surface area contributed by atoms with Crippen LogP contribution in [-0.2, 0) is 6.54 Å². The van der Waals surface area contributed by atoms with Gasteiger partial charge in [-0.2, -0.15) is 0 Å². The number of carbonyl (C=O) groups is 1. The van der Waals surface area contributed by atoms with Crippen LogP contribution in [-0.4, -0.2) is 10.9 Å². The smallest absolute Gasteiger partial charge is 0.251 e. The van der Waals surface area contributed by atoms with Crippen LogP contribution in [0.15, 0.2) is 48.8 Å². The van der Waals surface area contributed by atoms with E-state index in [2.05, 4.69) is 10.3 Å². The molecule has 1 atom stereocenters. The first-order chi connectivity index (χ1) is 9.20. The van der Waals surface area contributed by atoms with E-state index in [1.807, 2.05) is 31.2 Å². The molecule has 19 heavy (non-hydrogen) atoms. The van der Waals surface area contributed by atoms with E-state index in [0.717, 1.165) is 11.1 Å². The second kappa shape index (κ2) is 6.11. The summed E-state index contributed by atoms with van der Waals surface area (Å²) in [5.41, 5.74) is 8.21. The number of hydrogen-bond acceptors (Lipinski definition) is 3. The summed E-state index contributed by atoms with van der Waals surface area (Å²) in [4.78, 5) is 16.0. The summed E-state index contributed by atoms with van der Waals surface area (Å²) in [6.45, 7) is 2.43. The topological polar surface area (TPSA) is 68.0 Å². The molecule has 2 aromatic rings. The van der Waals surface area contributed by atoms with E-state index in [9.17, 15) is 4.79 Å². The van der Waals surface area contributed by atoms with Gasteiger partial charge in [0.1, 0.15) is 0 Å². The van der Waals surface area contributed by atoms with Gasteiger partial charge in [-0.05, 0) is 42.3 Å². The molecular formula is C15H17N3O. The molecule has 0 aliphatic carbocycles. The van der Waals surface area contributed by atoms with E-state index in [1.54, 1.807) is 24.5 Å². The van der Waals surface area contributed by atoms with Crippen molar-refractivity contribution in [2.45, 2.75) is 19.5 Å². The second-order valence-electron chi connectivity index (χ2n) is 4.38. The number of rotatable bonds is 4. The van der Waals surface area contributed by atoms with Gasteiger partial charge in [-0.25, -0.2) is 0 Å². The third kappa shape index (κ3) is 3.39. The monoisotopic (exact) mass is 255 g/mol. The van der Waals surface area contributed by atoms with Gasteiger partial charge in [-0.3, -0.25) is 9.78 Å². The SMILES string of the molecule is C[C@@H](NC(=O)c1ccc(CN)cc1)c1ccncc1. The highest BCUT2D eigenvalue weighted by Gasteiger charge is 2.10. The van der Waals surface area contributed by atoms with E-state index in [1.165, 1.54) is 0 Å². The van der Waals surface area contributed by atoms with E-state index < -0.39 is 0 Å². The maximum absolute atomic E-state index is 12.1. The Hall–Kier alpha value is -2.20. The van der Waals surface area contributed by atoms with Crippen molar-refractivity contribution in [3.8, 4) is 0 Å². The Morgan fingerprint density at radius 1 is 1.21 bits per heavy atom. The third-order valence-corrected chi connectivity index (χ3v) is 3.01. The standard InChI is InChI=1S/C15H17N3O/c1-11(13-6-8-17-9-7-13)18-15(19)14-4-2-12(10-16)3-5-14/h2-9,11H,10,16H2,1H3,(H,18,19)/t11-/m1/s1. The molecule has 0 fully saturated rings. The largest absolute Gasteiger partial charge is 0.346 e. The predicted molar refractivity (Wildman–Crippen MR) is 74.5 cm³/mol. The van der Waals surface area contributed by atoms with Gasteiger partial charge in [0.15, 0.2) is 0 Å². The highest BCUT2D eigenvalue weighted by molar-refractivity contribution is 5.94. The Labute approximate surface area is 112 Å². The minimum Gasteiger partial charge on any atom is -0.346 e. The molecule has 0 aliphatic rings. The van der Waals surface area contributed by atoms with Crippen LogP contribution in [0.25, 0.3) is 0 Å². The van der Waals surface area contributed by atoms with E-state index in [-0.39, 0.29) is 11.9 Å². The highest BCUT2D eigenvalue weighted by atomic mass is 16.1. The summed E-state index contributed by atoms with van der Waals surface area (Å²) in [5.74, 6) is -0.0899. The van der Waals surface area contributed by atoms with Crippen LogP contribution >= 0.6 is 0 Å². The summed E-state index contributed by atoms with van der Waals surface area (Å²) < 4.78 is 0. The Balaban J connectivity index is 2.04. The predicted octanol–water partition coefficient (Wildman–Crippen LogP) is 2.03. The van der Waals surface area contributed by atoms with Crippen molar-refractivity contribution in [1.29, 1.82) is 0 Å². The quantitative estimate of drug-likeness (QED) is 0.878. The fourth-order valence-corrected chi connectivity index (χ4v) is 1.81. The highest BCUT2D eigenvalue weighted by Crippen LogP contribution is 2.12. The molecule has 4 heteroatoms. The Bertz CT molecular complexity index is 537. The van der Waals surface area contributed by atoms with E-state index >= 15 is 0 Å². The van der Waals surface area contributed by atoms with Gasteiger partial charge in [0, 0.05) is 24.5 Å². The lowest BCUT2D eigenvalue weighted by atomic mass is 10.1. The van der Waals surface area contributed by atoms with Crippen LogP contribution in [0.5, 0.6) is 0 Å². The maximum atomic E-state index is 12.1. The molecule has 98 valence electrons. The third-order valence-electron chi connectivity index (χ3n) is 3.01. The average Bonchev–Trinajstić information content (AvgIpc) is 2.48. The van der Waals surface area contributed by atoms with Gasteiger partial charge < -0.3 is 11.1 Å². The molecule has 0 saturated carbocycles. The molecule has 0 aliphatic heterocycles. The normalized spacial score (nSPS) is 11.9. The molecule has 4 nitrogen and oxygen atoms in total. The van der Waals surface area contributed by atoms with Gasteiger partial charge in [0.25, 0.3) is 5.91 Å². The van der Waals surface area contributed by atoms with Crippen molar-refractivity contribution < 1.29 is 4.79 Å². The first-order valence-corrected chi connectivity index (χ1v) is 6.20. The fourth-order valence-electron chi connectivity index (χ4n) is 1.81. The zero-order valence-electron chi connectivity index (χ0n) is 10.8. The van der Waals surface area contributed by atoms with Crippen LogP contribution in [0.3, 0.4) is 0 Å². The molecule has 1 aromatic carbocycles. The molecule has 1 heterocycles. The Morgan fingerprint density at radius 3 is 2.42 bits per heavy atom. The first-order valence-electron chi connectivity index (χ1n) is 6.20. The van der Waals surface area contributed by atoms with Crippen molar-refractivity contribution in [3.63, 3.8) is 0 Å². The van der Waals surface area contributed by atoms with E-state index in [0.29, 0.717) is 12.1 Å². The molecule has 0 spiro atoms. The maximum Gasteiger partial charge on any atom is 0.251 e. The minimum absolute atomic E-state index is 0.0512. The van der Waals surface area contributed by atoms with Crippen LogP contribution in [0, 0.1) is 0 Å². The van der Waals surface area contributed by atoms with Gasteiger partial charge >= 0.3 is 0 Å². The number of aromatic nitrogens is 1. The number of amides is 1. The number of hydrogen-bond donors (Lipinski definition) is 2. The molecule has 0 unspecified atom stereocenters. The molecule has 0 saturated heterocycles. The summed E-state index contributed by atoms with van der Waals surface area (Å²) in [7, 11) is 0. The molecule has 0 radical (unpaired) electrons. The molecule has 2 rings (SSSR count). The first kappa shape index (κ1) is 13.2. The van der Waals surface area contributed by atoms with Crippen molar-refractivity contribution in [1.82, 2.24) is 10.3 Å². The van der Waals surface area contributed by atoms with Crippen LogP contribution < -0.4 is 11.1 Å². The van der Waals surface area contributed by atoms with Gasteiger partial charge in [0.05, 0.1) is 6.04 Å². The number of benzene rings is 1. The van der Waals surface area contributed by atoms with Crippen LogP contribution in [0.1, 0.15) is 34.5 Å². The number of nitrogens with one attached hydrogen (secondary N) is 1. The van der Waals surface area contributed by atoms with Gasteiger partial charge in [0.2, 0.25) is 0 Å². The van der Waals surface area contributed by atoms with Crippen molar-refractivity contribution >= 4 is 5.91 Å². The molecule has 0 bridgehead atoms. The average molecular weight is 255 g/mol. The van der Waals surface area contributed by atoms with Crippen molar-refractivity contribution in [3.05, 3.63) is 65.5 Å². The lowest BCUT2D eigenvalue weighted by molar-refractivity contribution is 0.0940. The van der Waals surface area contributed by atoms with Crippen molar-refractivity contribution in [2.24, 2.45) is 5.73 Å². The summed E-state index contributed by atoms with van der Waals surface area (Å²) in [6.07, 6.45) is 3.43. The fraction of sp³-hybridized carbons (Fsp3) is 0.200. The number of carbonyl (C=O) groups excluding carboxylic acids is 1. The lowest BCUT2D eigenvalue weighted by Gasteiger charge is -2.14. The van der Waals surface area contributed by atoms with Gasteiger partial charge in [-0.15, -0.1) is 0 Å². The number of nitrogens with two attached hydrogens (primary N) is 1. The Kier molecular flexibility index (Phi) is 4.26. The summed E-state index contributed by atoms with van der Waals surface area (Å²) in [6, 6.07) is 11.0. The zero-order valence-corrected chi connectivity index (χ0v) is 10.8. The Morgan fingerprint density at radius 2 is 1.84 bits per heavy atom. The van der Waals surface area contributed by atoms with Crippen LogP contribution in [0.2, 0.25) is 0 Å². The molecule has 1 amide bonds. The van der Waals surface area contributed by atoms with E-state index in [4.69, 9.17) is 5.73 Å². The number of nitrogens with zero attached hydrogens (tertiary/aromatic N) is 1. The summed E-state index contributed by atoms with van der Waals surface area (Å²) >= 11 is 0. The molecule has 1 aromatic heterocycles.